The number of nitrogens with zero attached hydrogens (tertiary/aromatic N) is 5. The molecule has 0 unspecified atom stereocenters. The first-order chi connectivity index (χ1) is 11.2. The quantitative estimate of drug-likeness (QED) is 0.837. The van der Waals surface area contributed by atoms with Crippen molar-refractivity contribution in [1.82, 2.24) is 19.2 Å². The molecule has 0 saturated carbocycles. The summed E-state index contributed by atoms with van der Waals surface area (Å²) >= 11 is 1.43. The van der Waals surface area contributed by atoms with Crippen molar-refractivity contribution < 1.29 is 4.79 Å². The first-order valence-electron chi connectivity index (χ1n) is 7.95. The second kappa shape index (κ2) is 7.50. The number of carbonyl (C=O) groups is 1. The average molecular weight is 331 g/mol. The minimum Gasteiger partial charge on any atom is -0.343 e. The molecule has 122 valence electrons. The summed E-state index contributed by atoms with van der Waals surface area (Å²) in [4.78, 5) is 25.2. The maximum Gasteiger partial charge on any atom is 0.222 e. The lowest BCUT2D eigenvalue weighted by molar-refractivity contribution is -0.131. The van der Waals surface area contributed by atoms with E-state index in [0.29, 0.717) is 6.42 Å². The summed E-state index contributed by atoms with van der Waals surface area (Å²) < 4.78 is 4.22. The van der Waals surface area contributed by atoms with E-state index in [1.807, 2.05) is 30.0 Å². The zero-order chi connectivity index (χ0) is 16.1. The van der Waals surface area contributed by atoms with Gasteiger partial charge in [-0.05, 0) is 31.9 Å². The number of amides is 1. The Labute approximate surface area is 140 Å². The number of aryl methyl sites for hydroxylation is 2. The van der Waals surface area contributed by atoms with E-state index in [0.717, 1.165) is 55.7 Å². The fourth-order valence-electron chi connectivity index (χ4n) is 2.69. The highest BCUT2D eigenvalue weighted by Crippen LogP contribution is 2.19. The molecule has 6 nitrogen and oxygen atoms in total. The van der Waals surface area contributed by atoms with Gasteiger partial charge in [-0.15, -0.1) is 0 Å². The molecule has 1 amide bonds. The van der Waals surface area contributed by atoms with E-state index in [9.17, 15) is 4.79 Å². The van der Waals surface area contributed by atoms with Crippen molar-refractivity contribution in [3.63, 3.8) is 0 Å². The third-order valence-electron chi connectivity index (χ3n) is 3.97. The Hall–Kier alpha value is -2.02. The average Bonchev–Trinajstić information content (AvgIpc) is 3.02. The van der Waals surface area contributed by atoms with Gasteiger partial charge in [0, 0.05) is 56.0 Å². The lowest BCUT2D eigenvalue weighted by Gasteiger charge is -2.34. The Balaban J connectivity index is 1.41. The van der Waals surface area contributed by atoms with Crippen molar-refractivity contribution in [2.75, 3.05) is 31.1 Å². The highest BCUT2D eigenvalue weighted by molar-refractivity contribution is 7.09. The first-order valence-corrected chi connectivity index (χ1v) is 8.72. The van der Waals surface area contributed by atoms with Crippen molar-refractivity contribution in [3.8, 4) is 0 Å². The van der Waals surface area contributed by atoms with Gasteiger partial charge in [0.15, 0.2) is 0 Å². The van der Waals surface area contributed by atoms with Crippen LogP contribution in [0.3, 0.4) is 0 Å². The summed E-state index contributed by atoms with van der Waals surface area (Å²) in [5.74, 6) is 1.06. The molecule has 0 radical (unpaired) electrons. The standard InChI is InChI=1S/C16H21N5OS/c1-13-18-16(23-19-13)21-11-9-20(10-12-21)15(22)7-4-6-14-5-2-3-8-17-14/h2-3,5,8H,4,6-7,9-12H2,1H3. The second-order valence-corrected chi connectivity index (χ2v) is 6.40. The van der Waals surface area contributed by atoms with Crippen LogP contribution in [0.15, 0.2) is 24.4 Å². The fourth-order valence-corrected chi connectivity index (χ4v) is 3.41. The molecule has 1 fully saturated rings. The van der Waals surface area contributed by atoms with Crippen LogP contribution in [0.5, 0.6) is 0 Å². The monoisotopic (exact) mass is 331 g/mol. The molecule has 3 heterocycles. The number of pyridine rings is 1. The van der Waals surface area contributed by atoms with Gasteiger partial charge in [-0.1, -0.05) is 6.07 Å². The Morgan fingerprint density at radius 2 is 2.09 bits per heavy atom. The van der Waals surface area contributed by atoms with E-state index < -0.39 is 0 Å². The highest BCUT2D eigenvalue weighted by atomic mass is 32.1. The van der Waals surface area contributed by atoms with Gasteiger partial charge in [0.1, 0.15) is 5.82 Å². The van der Waals surface area contributed by atoms with E-state index in [2.05, 4.69) is 19.2 Å². The molecule has 2 aromatic heterocycles. The van der Waals surface area contributed by atoms with Crippen molar-refractivity contribution in [1.29, 1.82) is 0 Å². The zero-order valence-electron chi connectivity index (χ0n) is 13.3. The number of hydrogen-bond donors (Lipinski definition) is 0. The lowest BCUT2D eigenvalue weighted by atomic mass is 10.1. The summed E-state index contributed by atoms with van der Waals surface area (Å²) in [5, 5.41) is 0.963. The highest BCUT2D eigenvalue weighted by Gasteiger charge is 2.22. The van der Waals surface area contributed by atoms with E-state index in [1.165, 1.54) is 11.5 Å². The molecule has 1 saturated heterocycles. The topological polar surface area (TPSA) is 62.2 Å². The van der Waals surface area contributed by atoms with Crippen LogP contribution in [0.4, 0.5) is 5.13 Å². The molecule has 0 bridgehead atoms. The summed E-state index contributed by atoms with van der Waals surface area (Å²) in [6.45, 7) is 5.10. The molecule has 23 heavy (non-hydrogen) atoms. The molecule has 0 spiro atoms. The Bertz CT molecular complexity index is 637. The predicted molar refractivity (Wildman–Crippen MR) is 90.6 cm³/mol. The minimum atomic E-state index is 0.244. The van der Waals surface area contributed by atoms with Crippen LogP contribution in [0, 0.1) is 6.92 Å². The largest absolute Gasteiger partial charge is 0.343 e. The molecule has 1 aliphatic heterocycles. The smallest absolute Gasteiger partial charge is 0.222 e. The number of rotatable bonds is 5. The van der Waals surface area contributed by atoms with Crippen LogP contribution in [0.2, 0.25) is 0 Å². The number of hydrogen-bond acceptors (Lipinski definition) is 6. The van der Waals surface area contributed by atoms with Gasteiger partial charge in [-0.2, -0.15) is 4.37 Å². The van der Waals surface area contributed by atoms with Gasteiger partial charge in [0.2, 0.25) is 11.0 Å². The number of piperazine rings is 1. The molecule has 2 aromatic rings. The van der Waals surface area contributed by atoms with Crippen molar-refractivity contribution in [2.45, 2.75) is 26.2 Å². The second-order valence-electron chi connectivity index (χ2n) is 5.67. The van der Waals surface area contributed by atoms with Crippen molar-refractivity contribution >= 4 is 22.6 Å². The zero-order valence-corrected chi connectivity index (χ0v) is 14.1. The summed E-state index contributed by atoms with van der Waals surface area (Å²) in [6, 6.07) is 5.90. The van der Waals surface area contributed by atoms with E-state index >= 15 is 0 Å². The van der Waals surface area contributed by atoms with E-state index in [1.54, 1.807) is 6.20 Å². The van der Waals surface area contributed by atoms with Gasteiger partial charge in [0.05, 0.1) is 0 Å². The van der Waals surface area contributed by atoms with E-state index in [-0.39, 0.29) is 5.91 Å². The third-order valence-corrected chi connectivity index (χ3v) is 4.84. The van der Waals surface area contributed by atoms with Gasteiger partial charge < -0.3 is 9.80 Å². The molecule has 3 rings (SSSR count). The van der Waals surface area contributed by atoms with Crippen LogP contribution in [-0.2, 0) is 11.2 Å². The van der Waals surface area contributed by atoms with Crippen LogP contribution >= 0.6 is 11.5 Å². The molecular formula is C16H21N5OS. The molecule has 0 aromatic carbocycles. The van der Waals surface area contributed by atoms with Crippen LogP contribution in [0.25, 0.3) is 0 Å². The number of aromatic nitrogens is 3. The Kier molecular flexibility index (Phi) is 5.17. The Morgan fingerprint density at radius 1 is 1.26 bits per heavy atom. The van der Waals surface area contributed by atoms with Crippen molar-refractivity contribution in [2.24, 2.45) is 0 Å². The number of carbonyl (C=O) groups excluding carboxylic acids is 1. The van der Waals surface area contributed by atoms with E-state index in [4.69, 9.17) is 0 Å². The lowest BCUT2D eigenvalue weighted by Crippen LogP contribution is -2.48. The van der Waals surface area contributed by atoms with Crippen LogP contribution < -0.4 is 4.90 Å². The summed E-state index contributed by atoms with van der Waals surface area (Å²) in [6.07, 6.45) is 4.10. The SMILES string of the molecule is Cc1nsc(N2CCN(C(=O)CCCc3ccccn3)CC2)n1. The normalized spacial score (nSPS) is 15.0. The minimum absolute atomic E-state index is 0.244. The third kappa shape index (κ3) is 4.25. The van der Waals surface area contributed by atoms with Crippen molar-refractivity contribution in [3.05, 3.63) is 35.9 Å². The Morgan fingerprint density at radius 3 is 2.74 bits per heavy atom. The molecule has 7 heteroatoms. The molecule has 0 aliphatic carbocycles. The maximum absolute atomic E-state index is 12.3. The van der Waals surface area contributed by atoms with Crippen LogP contribution in [-0.4, -0.2) is 51.3 Å². The van der Waals surface area contributed by atoms with Crippen LogP contribution in [0.1, 0.15) is 24.4 Å². The molecule has 0 atom stereocenters. The molecular weight excluding hydrogens is 310 g/mol. The molecule has 0 N–H and O–H groups in total. The summed E-state index contributed by atoms with van der Waals surface area (Å²) in [7, 11) is 0. The number of anilines is 1. The maximum atomic E-state index is 12.3. The van der Waals surface area contributed by atoms with Gasteiger partial charge >= 0.3 is 0 Å². The first kappa shape index (κ1) is 15.9. The van der Waals surface area contributed by atoms with Gasteiger partial charge in [-0.3, -0.25) is 9.78 Å². The fraction of sp³-hybridized carbons (Fsp3) is 0.500. The predicted octanol–water partition coefficient (Wildman–Crippen LogP) is 1.91. The van der Waals surface area contributed by atoms with Gasteiger partial charge in [0.25, 0.3) is 0 Å². The van der Waals surface area contributed by atoms with Gasteiger partial charge in [-0.25, -0.2) is 4.98 Å². The summed E-state index contributed by atoms with van der Waals surface area (Å²) in [5.41, 5.74) is 1.05. The molecule has 1 aliphatic rings.